The lowest BCUT2D eigenvalue weighted by Gasteiger charge is -2.25. The highest BCUT2D eigenvalue weighted by Gasteiger charge is 2.14. The van der Waals surface area contributed by atoms with Gasteiger partial charge in [-0.2, -0.15) is 5.10 Å². The highest BCUT2D eigenvalue weighted by Crippen LogP contribution is 2.15. The number of aromatic nitrogens is 3. The Kier molecular flexibility index (Phi) is 5.27. The predicted molar refractivity (Wildman–Crippen MR) is 103 cm³/mol. The van der Waals surface area contributed by atoms with Crippen LogP contribution in [0, 0.1) is 0 Å². The molecule has 0 radical (unpaired) electrons. The lowest BCUT2D eigenvalue weighted by molar-refractivity contribution is -0.118. The molecule has 3 aromatic rings. The minimum atomic E-state index is -0.00351. The van der Waals surface area contributed by atoms with E-state index in [9.17, 15) is 4.79 Å². The summed E-state index contributed by atoms with van der Waals surface area (Å²) in [6.45, 7) is 4.02. The number of nitrogens with zero attached hydrogens (tertiary/aromatic N) is 4. The van der Waals surface area contributed by atoms with Gasteiger partial charge in [-0.05, 0) is 24.3 Å². The van der Waals surface area contributed by atoms with Crippen LogP contribution in [-0.4, -0.2) is 58.3 Å². The molecule has 1 amide bonds. The molecule has 140 valence electrons. The van der Waals surface area contributed by atoms with Crippen LogP contribution in [-0.2, 0) is 16.1 Å². The molecule has 0 atom stereocenters. The van der Waals surface area contributed by atoms with Gasteiger partial charge in [0.15, 0.2) is 5.65 Å². The Hall–Kier alpha value is -2.97. The Morgan fingerprint density at radius 3 is 2.70 bits per heavy atom. The van der Waals surface area contributed by atoms with Crippen molar-refractivity contribution >= 4 is 22.9 Å². The van der Waals surface area contributed by atoms with E-state index < -0.39 is 0 Å². The summed E-state index contributed by atoms with van der Waals surface area (Å²) in [5.41, 5.74) is 3.63. The minimum absolute atomic E-state index is 0.00351. The molecular formula is C19H22N6O2. The molecule has 2 N–H and O–H groups in total. The second-order valence-electron chi connectivity index (χ2n) is 6.46. The zero-order chi connectivity index (χ0) is 18.5. The van der Waals surface area contributed by atoms with Crippen LogP contribution in [0.15, 0.2) is 48.9 Å². The number of hydrogen-bond donors (Lipinski definition) is 2. The maximum Gasteiger partial charge on any atom is 0.238 e. The first-order valence-electron chi connectivity index (χ1n) is 8.98. The number of amides is 1. The first-order chi connectivity index (χ1) is 13.3. The predicted octanol–water partition coefficient (Wildman–Crippen LogP) is 1.61. The molecule has 1 saturated heterocycles. The number of rotatable bonds is 6. The van der Waals surface area contributed by atoms with Crippen LogP contribution < -0.4 is 10.6 Å². The van der Waals surface area contributed by atoms with E-state index in [1.807, 2.05) is 42.7 Å². The van der Waals surface area contributed by atoms with Gasteiger partial charge in [0.25, 0.3) is 0 Å². The Morgan fingerprint density at radius 2 is 1.89 bits per heavy atom. The molecule has 3 heterocycles. The van der Waals surface area contributed by atoms with Crippen LogP contribution in [0.1, 0.15) is 5.56 Å². The summed E-state index contributed by atoms with van der Waals surface area (Å²) >= 11 is 0. The highest BCUT2D eigenvalue weighted by molar-refractivity contribution is 5.92. The number of hydrogen-bond acceptors (Lipinski definition) is 6. The summed E-state index contributed by atoms with van der Waals surface area (Å²) in [6, 6.07) is 9.56. The number of fused-ring (bicyclic) bond motifs is 1. The molecule has 4 rings (SSSR count). The van der Waals surface area contributed by atoms with E-state index in [0.717, 1.165) is 35.7 Å². The number of nitrogens with one attached hydrogen (secondary N) is 2. The van der Waals surface area contributed by atoms with Gasteiger partial charge >= 0.3 is 0 Å². The topological polar surface area (TPSA) is 83.8 Å². The quantitative estimate of drug-likeness (QED) is 0.690. The molecule has 1 aliphatic heterocycles. The van der Waals surface area contributed by atoms with E-state index in [1.54, 1.807) is 10.7 Å². The largest absolute Gasteiger partial charge is 0.381 e. The average Bonchev–Trinajstić information content (AvgIpc) is 3.16. The number of anilines is 2. The van der Waals surface area contributed by atoms with Crippen LogP contribution in [0.25, 0.3) is 5.65 Å². The smallest absolute Gasteiger partial charge is 0.238 e. The molecule has 8 heteroatoms. The van der Waals surface area contributed by atoms with Gasteiger partial charge in [0.05, 0.1) is 26.0 Å². The Bertz CT molecular complexity index is 902. The number of carbonyl (C=O) groups excluding carboxylic acids is 1. The van der Waals surface area contributed by atoms with Crippen molar-refractivity contribution in [1.29, 1.82) is 0 Å². The summed E-state index contributed by atoms with van der Waals surface area (Å²) in [6.07, 6.45) is 5.52. The monoisotopic (exact) mass is 366 g/mol. The van der Waals surface area contributed by atoms with Crippen LogP contribution in [0.5, 0.6) is 0 Å². The maximum absolute atomic E-state index is 12.1. The van der Waals surface area contributed by atoms with Crippen molar-refractivity contribution in [2.45, 2.75) is 6.54 Å². The van der Waals surface area contributed by atoms with Crippen LogP contribution in [0.3, 0.4) is 0 Å². The third-order valence-electron chi connectivity index (χ3n) is 4.44. The van der Waals surface area contributed by atoms with Crippen molar-refractivity contribution in [2.75, 3.05) is 43.5 Å². The van der Waals surface area contributed by atoms with Gasteiger partial charge in [0, 0.05) is 55.0 Å². The lowest BCUT2D eigenvalue weighted by Crippen LogP contribution is -2.41. The molecule has 1 aliphatic rings. The summed E-state index contributed by atoms with van der Waals surface area (Å²) in [4.78, 5) is 18.6. The summed E-state index contributed by atoms with van der Waals surface area (Å²) in [5.74, 6) is -0.00351. The number of morpholine rings is 1. The molecule has 0 spiro atoms. The average molecular weight is 366 g/mol. The maximum atomic E-state index is 12.1. The molecular weight excluding hydrogens is 344 g/mol. The van der Waals surface area contributed by atoms with E-state index in [2.05, 4.69) is 25.6 Å². The zero-order valence-electron chi connectivity index (χ0n) is 15.0. The first kappa shape index (κ1) is 17.4. The SMILES string of the molecule is O=C(CN1CCOCC1)Nc1ccc(NCc2cnc3ccnn3c2)cc1. The van der Waals surface area contributed by atoms with Crippen LogP contribution in [0.2, 0.25) is 0 Å². The fourth-order valence-corrected chi connectivity index (χ4v) is 2.98. The van der Waals surface area contributed by atoms with E-state index in [1.165, 1.54) is 0 Å². The number of ether oxygens (including phenoxy) is 1. The summed E-state index contributed by atoms with van der Waals surface area (Å²) in [5, 5.41) is 10.5. The van der Waals surface area contributed by atoms with Gasteiger partial charge in [0.1, 0.15) is 0 Å². The summed E-state index contributed by atoms with van der Waals surface area (Å²) in [7, 11) is 0. The van der Waals surface area contributed by atoms with Crippen molar-refractivity contribution in [3.8, 4) is 0 Å². The third-order valence-corrected chi connectivity index (χ3v) is 4.44. The second-order valence-corrected chi connectivity index (χ2v) is 6.46. The van der Waals surface area contributed by atoms with Crippen LogP contribution >= 0.6 is 0 Å². The normalized spacial score (nSPS) is 15.0. The van der Waals surface area contributed by atoms with Crippen molar-refractivity contribution in [1.82, 2.24) is 19.5 Å². The number of benzene rings is 1. The fraction of sp³-hybridized carbons (Fsp3) is 0.316. The van der Waals surface area contributed by atoms with Crippen molar-refractivity contribution < 1.29 is 9.53 Å². The van der Waals surface area contributed by atoms with Crippen LogP contribution in [0.4, 0.5) is 11.4 Å². The third kappa shape index (κ3) is 4.60. The highest BCUT2D eigenvalue weighted by atomic mass is 16.5. The van der Waals surface area contributed by atoms with Gasteiger partial charge in [-0.15, -0.1) is 0 Å². The minimum Gasteiger partial charge on any atom is -0.381 e. The van der Waals surface area contributed by atoms with Gasteiger partial charge in [-0.1, -0.05) is 0 Å². The van der Waals surface area contributed by atoms with E-state index in [4.69, 9.17) is 4.74 Å². The van der Waals surface area contributed by atoms with Gasteiger partial charge in [-0.3, -0.25) is 9.69 Å². The molecule has 8 nitrogen and oxygen atoms in total. The molecule has 1 fully saturated rings. The van der Waals surface area contributed by atoms with Crippen molar-refractivity contribution in [3.63, 3.8) is 0 Å². The summed E-state index contributed by atoms with van der Waals surface area (Å²) < 4.78 is 7.05. The van der Waals surface area contributed by atoms with E-state index >= 15 is 0 Å². The molecule has 0 bridgehead atoms. The van der Waals surface area contributed by atoms with Crippen molar-refractivity contribution in [3.05, 3.63) is 54.5 Å². The number of carbonyl (C=O) groups is 1. The molecule has 0 aliphatic carbocycles. The molecule has 0 saturated carbocycles. The first-order valence-corrected chi connectivity index (χ1v) is 8.98. The Balaban J connectivity index is 1.28. The zero-order valence-corrected chi connectivity index (χ0v) is 15.0. The Labute approximate surface area is 157 Å². The molecule has 1 aromatic carbocycles. The van der Waals surface area contributed by atoms with E-state index in [0.29, 0.717) is 26.3 Å². The van der Waals surface area contributed by atoms with Gasteiger partial charge in [0.2, 0.25) is 5.91 Å². The molecule has 0 unspecified atom stereocenters. The van der Waals surface area contributed by atoms with E-state index in [-0.39, 0.29) is 5.91 Å². The van der Waals surface area contributed by atoms with Gasteiger partial charge in [-0.25, -0.2) is 9.50 Å². The van der Waals surface area contributed by atoms with Gasteiger partial charge < -0.3 is 15.4 Å². The fourth-order valence-electron chi connectivity index (χ4n) is 2.98. The standard InChI is InChI=1S/C19H22N6O2/c26-19(14-24-7-9-27-10-8-24)23-17-3-1-16(2-4-17)20-11-15-12-21-18-5-6-22-25(18)13-15/h1-6,12-13,20H,7-11,14H2,(H,23,26). The molecule has 27 heavy (non-hydrogen) atoms. The molecule has 2 aromatic heterocycles. The second kappa shape index (κ2) is 8.15. The lowest BCUT2D eigenvalue weighted by atomic mass is 10.2. The van der Waals surface area contributed by atoms with Crippen molar-refractivity contribution in [2.24, 2.45) is 0 Å². The Morgan fingerprint density at radius 1 is 1.11 bits per heavy atom.